The molecule has 0 aliphatic heterocycles. The molecule has 0 amide bonds. The van der Waals surface area contributed by atoms with E-state index in [0.29, 0.717) is 5.15 Å². The largest absolute Gasteiger partial charge is 0.508 e. The smallest absolute Gasteiger partial charge is 0.117 e. The highest BCUT2D eigenvalue weighted by atomic mass is 35.5. The SMILES string of the molecule is Cn1c(Cl)cc2ccc(O)cc21. The van der Waals surface area contributed by atoms with Gasteiger partial charge in [-0.05, 0) is 18.2 Å². The summed E-state index contributed by atoms with van der Waals surface area (Å²) in [4.78, 5) is 0. The van der Waals surface area contributed by atoms with Gasteiger partial charge in [-0.3, -0.25) is 0 Å². The number of fused-ring (bicyclic) bond motifs is 1. The molecule has 0 aliphatic carbocycles. The fourth-order valence-corrected chi connectivity index (χ4v) is 1.49. The number of phenols is 1. The molecule has 2 nitrogen and oxygen atoms in total. The van der Waals surface area contributed by atoms with Gasteiger partial charge in [0, 0.05) is 18.5 Å². The zero-order chi connectivity index (χ0) is 8.72. The van der Waals surface area contributed by atoms with Crippen molar-refractivity contribution in [3.63, 3.8) is 0 Å². The van der Waals surface area contributed by atoms with Crippen LogP contribution in [0.5, 0.6) is 5.75 Å². The third-order valence-electron chi connectivity index (χ3n) is 1.97. The lowest BCUT2D eigenvalue weighted by Gasteiger charge is -1.97. The molecule has 0 spiro atoms. The molecule has 62 valence electrons. The molecular formula is C9H8ClNO. The van der Waals surface area contributed by atoms with E-state index in [4.69, 9.17) is 11.6 Å². The van der Waals surface area contributed by atoms with Gasteiger partial charge in [-0.2, -0.15) is 0 Å². The van der Waals surface area contributed by atoms with Crippen molar-refractivity contribution < 1.29 is 5.11 Å². The van der Waals surface area contributed by atoms with Gasteiger partial charge in [0.1, 0.15) is 10.9 Å². The molecule has 1 heterocycles. The zero-order valence-corrected chi connectivity index (χ0v) is 7.34. The maximum absolute atomic E-state index is 9.21. The maximum Gasteiger partial charge on any atom is 0.117 e. The first-order chi connectivity index (χ1) is 5.68. The Hall–Kier alpha value is -1.15. The monoisotopic (exact) mass is 181 g/mol. The molecule has 0 atom stereocenters. The third kappa shape index (κ3) is 0.959. The Morgan fingerprint density at radius 1 is 1.33 bits per heavy atom. The molecule has 0 unspecified atom stereocenters. The topological polar surface area (TPSA) is 25.2 Å². The summed E-state index contributed by atoms with van der Waals surface area (Å²) in [5.41, 5.74) is 0.944. The minimum absolute atomic E-state index is 0.264. The molecule has 0 bridgehead atoms. The molecule has 0 saturated carbocycles. The minimum atomic E-state index is 0.264. The van der Waals surface area contributed by atoms with Gasteiger partial charge in [0.2, 0.25) is 0 Å². The second-order valence-corrected chi connectivity index (χ2v) is 3.16. The number of hydrogen-bond acceptors (Lipinski definition) is 1. The molecule has 2 aromatic rings. The molecule has 0 radical (unpaired) electrons. The molecule has 0 saturated heterocycles. The lowest BCUT2D eigenvalue weighted by Crippen LogP contribution is -1.85. The van der Waals surface area contributed by atoms with Gasteiger partial charge >= 0.3 is 0 Å². The normalized spacial score (nSPS) is 10.8. The van der Waals surface area contributed by atoms with Crippen LogP contribution >= 0.6 is 11.6 Å². The molecule has 2 rings (SSSR count). The average Bonchev–Trinajstić information content (AvgIpc) is 2.31. The van der Waals surface area contributed by atoms with Crippen LogP contribution in [0.3, 0.4) is 0 Å². The van der Waals surface area contributed by atoms with Crippen LogP contribution in [-0.2, 0) is 7.05 Å². The summed E-state index contributed by atoms with van der Waals surface area (Å²) in [6.07, 6.45) is 0. The number of aromatic hydroxyl groups is 1. The second kappa shape index (κ2) is 2.42. The van der Waals surface area contributed by atoms with E-state index in [1.807, 2.05) is 23.7 Å². The van der Waals surface area contributed by atoms with Gasteiger partial charge in [0.05, 0.1) is 5.52 Å². The van der Waals surface area contributed by atoms with Crippen molar-refractivity contribution in [2.45, 2.75) is 0 Å². The zero-order valence-electron chi connectivity index (χ0n) is 6.58. The Morgan fingerprint density at radius 2 is 2.08 bits per heavy atom. The average molecular weight is 182 g/mol. The van der Waals surface area contributed by atoms with Crippen molar-refractivity contribution in [2.24, 2.45) is 7.05 Å². The van der Waals surface area contributed by atoms with Gasteiger partial charge in [-0.15, -0.1) is 0 Å². The number of phenolic OH excluding ortho intramolecular Hbond substituents is 1. The Bertz CT molecular complexity index is 433. The molecule has 1 aromatic carbocycles. The number of hydrogen-bond donors (Lipinski definition) is 1. The Balaban J connectivity index is 2.88. The van der Waals surface area contributed by atoms with Crippen molar-refractivity contribution in [1.82, 2.24) is 4.57 Å². The molecule has 12 heavy (non-hydrogen) atoms. The minimum Gasteiger partial charge on any atom is -0.508 e. The summed E-state index contributed by atoms with van der Waals surface area (Å²) in [6, 6.07) is 7.06. The lowest BCUT2D eigenvalue weighted by molar-refractivity contribution is 0.476. The van der Waals surface area contributed by atoms with Gasteiger partial charge in [0.15, 0.2) is 0 Å². The quantitative estimate of drug-likeness (QED) is 0.664. The van der Waals surface area contributed by atoms with Crippen LogP contribution in [0, 0.1) is 0 Å². The van der Waals surface area contributed by atoms with Crippen LogP contribution in [0.2, 0.25) is 5.15 Å². The first-order valence-corrected chi connectivity index (χ1v) is 4.00. The first-order valence-electron chi connectivity index (χ1n) is 3.62. The van der Waals surface area contributed by atoms with Crippen molar-refractivity contribution >= 4 is 22.5 Å². The second-order valence-electron chi connectivity index (χ2n) is 2.77. The van der Waals surface area contributed by atoms with E-state index in [2.05, 4.69) is 0 Å². The highest BCUT2D eigenvalue weighted by Crippen LogP contribution is 2.25. The molecular weight excluding hydrogens is 174 g/mol. The van der Waals surface area contributed by atoms with Crippen LogP contribution in [0.1, 0.15) is 0 Å². The number of aryl methyl sites for hydroxylation is 1. The first kappa shape index (κ1) is 7.50. The van der Waals surface area contributed by atoms with E-state index in [1.165, 1.54) is 0 Å². The predicted octanol–water partition coefficient (Wildman–Crippen LogP) is 2.54. The summed E-state index contributed by atoms with van der Waals surface area (Å²) in [7, 11) is 1.87. The van der Waals surface area contributed by atoms with Crippen LogP contribution in [0.15, 0.2) is 24.3 Å². The molecule has 1 N–H and O–H groups in total. The van der Waals surface area contributed by atoms with Gasteiger partial charge in [-0.25, -0.2) is 0 Å². The van der Waals surface area contributed by atoms with Crippen molar-refractivity contribution in [2.75, 3.05) is 0 Å². The molecule has 0 fully saturated rings. The Morgan fingerprint density at radius 3 is 2.83 bits per heavy atom. The number of aromatic nitrogens is 1. The predicted molar refractivity (Wildman–Crippen MR) is 49.6 cm³/mol. The van der Waals surface area contributed by atoms with Gasteiger partial charge < -0.3 is 9.67 Å². The molecule has 1 aromatic heterocycles. The van der Waals surface area contributed by atoms with Crippen LogP contribution in [-0.4, -0.2) is 9.67 Å². The van der Waals surface area contributed by atoms with E-state index in [-0.39, 0.29) is 5.75 Å². The highest BCUT2D eigenvalue weighted by molar-refractivity contribution is 6.30. The van der Waals surface area contributed by atoms with Gasteiger partial charge in [-0.1, -0.05) is 11.6 Å². The van der Waals surface area contributed by atoms with Crippen molar-refractivity contribution in [3.8, 4) is 5.75 Å². The summed E-state index contributed by atoms with van der Waals surface area (Å²) < 4.78 is 1.83. The maximum atomic E-state index is 9.21. The summed E-state index contributed by atoms with van der Waals surface area (Å²) in [6.45, 7) is 0. The number of nitrogens with zero attached hydrogens (tertiary/aromatic N) is 1. The van der Waals surface area contributed by atoms with Crippen LogP contribution in [0.4, 0.5) is 0 Å². The Labute approximate surface area is 75.0 Å². The third-order valence-corrected chi connectivity index (χ3v) is 2.33. The summed E-state index contributed by atoms with van der Waals surface area (Å²) in [5.74, 6) is 0.264. The van der Waals surface area contributed by atoms with Crippen LogP contribution in [0.25, 0.3) is 10.9 Å². The number of benzene rings is 1. The fraction of sp³-hybridized carbons (Fsp3) is 0.111. The fourth-order valence-electron chi connectivity index (χ4n) is 1.28. The van der Waals surface area contributed by atoms with E-state index in [9.17, 15) is 5.11 Å². The van der Waals surface area contributed by atoms with E-state index < -0.39 is 0 Å². The summed E-state index contributed by atoms with van der Waals surface area (Å²) in [5, 5.41) is 10.9. The number of halogens is 1. The molecule has 3 heteroatoms. The standard InChI is InChI=1S/C9H8ClNO/c1-11-8-5-7(12)3-2-6(8)4-9(11)10/h2-5,12H,1H3. The van der Waals surface area contributed by atoms with Crippen molar-refractivity contribution in [1.29, 1.82) is 0 Å². The highest BCUT2D eigenvalue weighted by Gasteiger charge is 2.02. The Kier molecular flexibility index (Phi) is 1.51. The van der Waals surface area contributed by atoms with Crippen LogP contribution < -0.4 is 0 Å². The van der Waals surface area contributed by atoms with Gasteiger partial charge in [0.25, 0.3) is 0 Å². The van der Waals surface area contributed by atoms with E-state index >= 15 is 0 Å². The van der Waals surface area contributed by atoms with E-state index in [0.717, 1.165) is 10.9 Å². The lowest BCUT2D eigenvalue weighted by atomic mass is 10.2. The molecule has 0 aliphatic rings. The number of rotatable bonds is 0. The van der Waals surface area contributed by atoms with E-state index in [1.54, 1.807) is 12.1 Å². The van der Waals surface area contributed by atoms with Crippen molar-refractivity contribution in [3.05, 3.63) is 29.4 Å². The summed E-state index contributed by atoms with van der Waals surface area (Å²) >= 11 is 5.89.